The van der Waals surface area contributed by atoms with Gasteiger partial charge in [-0.25, -0.2) is 4.39 Å². The minimum Gasteiger partial charge on any atom is -0.494 e. The number of nitrogens with zero attached hydrogens (tertiary/aromatic N) is 2. The van der Waals surface area contributed by atoms with E-state index in [1.807, 2.05) is 0 Å². The third-order valence-corrected chi connectivity index (χ3v) is 4.69. The van der Waals surface area contributed by atoms with Gasteiger partial charge >= 0.3 is 0 Å². The Labute approximate surface area is 168 Å². The molecule has 1 heterocycles. The van der Waals surface area contributed by atoms with E-state index in [-0.39, 0.29) is 49.4 Å². The molecule has 0 fully saturated rings. The summed E-state index contributed by atoms with van der Waals surface area (Å²) in [4.78, 5) is 39.7. The molecule has 7 nitrogen and oxygen atoms in total. The molecule has 0 aliphatic carbocycles. The molecule has 0 aromatic heterocycles. The van der Waals surface area contributed by atoms with Crippen LogP contribution in [0, 0.1) is 5.82 Å². The number of amides is 3. The summed E-state index contributed by atoms with van der Waals surface area (Å²) in [7, 11) is 2.98. The van der Waals surface area contributed by atoms with Gasteiger partial charge in [0.2, 0.25) is 17.7 Å². The van der Waals surface area contributed by atoms with Crippen LogP contribution < -0.4 is 15.0 Å². The van der Waals surface area contributed by atoms with Gasteiger partial charge in [-0.3, -0.25) is 14.4 Å². The highest BCUT2D eigenvalue weighted by Gasteiger charge is 2.27. The normalized spacial score (nSPS) is 12.8. The fourth-order valence-corrected chi connectivity index (χ4v) is 3.17. The van der Waals surface area contributed by atoms with Gasteiger partial charge in [0.1, 0.15) is 6.54 Å². The van der Waals surface area contributed by atoms with Crippen LogP contribution in [0.4, 0.5) is 15.8 Å². The number of carbonyl (C=O) groups excluding carboxylic acids is 3. The van der Waals surface area contributed by atoms with Gasteiger partial charge in [0, 0.05) is 26.4 Å². The summed E-state index contributed by atoms with van der Waals surface area (Å²) in [6, 6.07) is 11.5. The number of hydrogen-bond acceptors (Lipinski definition) is 4. The van der Waals surface area contributed by atoms with E-state index in [1.54, 1.807) is 37.4 Å². The van der Waals surface area contributed by atoms with Crippen LogP contribution in [0.5, 0.6) is 5.75 Å². The topological polar surface area (TPSA) is 79.0 Å². The number of benzene rings is 2. The van der Waals surface area contributed by atoms with Crippen molar-refractivity contribution in [3.63, 3.8) is 0 Å². The number of carbonyl (C=O) groups is 3. The lowest BCUT2D eigenvalue weighted by Gasteiger charge is -2.29. The maximum Gasteiger partial charge on any atom is 0.244 e. The van der Waals surface area contributed by atoms with Crippen LogP contribution in [-0.2, 0) is 20.9 Å². The summed E-state index contributed by atoms with van der Waals surface area (Å²) in [6.45, 7) is 0.133. The molecule has 0 radical (unpaired) electrons. The lowest BCUT2D eigenvalue weighted by Crippen LogP contribution is -2.42. The molecular weight excluding hydrogens is 377 g/mol. The molecule has 8 heteroatoms. The molecule has 1 aliphatic heterocycles. The van der Waals surface area contributed by atoms with Crippen molar-refractivity contribution in [1.82, 2.24) is 4.90 Å². The quantitative estimate of drug-likeness (QED) is 0.810. The van der Waals surface area contributed by atoms with Gasteiger partial charge < -0.3 is 19.9 Å². The summed E-state index contributed by atoms with van der Waals surface area (Å²) in [5.74, 6) is -1.18. The van der Waals surface area contributed by atoms with E-state index >= 15 is 0 Å². The maximum atomic E-state index is 13.8. The highest BCUT2D eigenvalue weighted by molar-refractivity contribution is 6.10. The second kappa shape index (κ2) is 8.72. The highest BCUT2D eigenvalue weighted by Crippen LogP contribution is 2.29. The van der Waals surface area contributed by atoms with Crippen LogP contribution in [0.15, 0.2) is 42.5 Å². The van der Waals surface area contributed by atoms with Gasteiger partial charge in [-0.2, -0.15) is 0 Å². The van der Waals surface area contributed by atoms with Gasteiger partial charge in [0.05, 0.1) is 18.5 Å². The summed E-state index contributed by atoms with van der Waals surface area (Å²) < 4.78 is 18.7. The number of para-hydroxylation sites is 2. The summed E-state index contributed by atoms with van der Waals surface area (Å²) in [5, 5.41) is 2.72. The van der Waals surface area contributed by atoms with Crippen LogP contribution in [0.1, 0.15) is 18.4 Å². The molecule has 152 valence electrons. The number of nitrogens with one attached hydrogen (secondary N) is 1. The minimum absolute atomic E-state index is 0.00570. The second-order valence-corrected chi connectivity index (χ2v) is 6.76. The molecule has 3 rings (SSSR count). The second-order valence-electron chi connectivity index (χ2n) is 6.76. The minimum atomic E-state index is -0.497. The molecule has 0 saturated carbocycles. The molecule has 29 heavy (non-hydrogen) atoms. The fourth-order valence-electron chi connectivity index (χ4n) is 3.17. The van der Waals surface area contributed by atoms with E-state index in [4.69, 9.17) is 4.74 Å². The molecule has 2 aromatic rings. The lowest BCUT2D eigenvalue weighted by atomic mass is 10.1. The van der Waals surface area contributed by atoms with Crippen molar-refractivity contribution in [2.75, 3.05) is 30.9 Å². The van der Waals surface area contributed by atoms with Crippen molar-refractivity contribution in [3.8, 4) is 5.75 Å². The predicted molar refractivity (Wildman–Crippen MR) is 106 cm³/mol. The molecular formula is C21H22FN3O4. The molecule has 0 unspecified atom stereocenters. The molecule has 1 aliphatic rings. The number of fused-ring (bicyclic) bond motifs is 1. The van der Waals surface area contributed by atoms with Crippen molar-refractivity contribution in [2.45, 2.75) is 19.4 Å². The van der Waals surface area contributed by atoms with E-state index in [2.05, 4.69) is 5.32 Å². The van der Waals surface area contributed by atoms with E-state index in [9.17, 15) is 18.8 Å². The smallest absolute Gasteiger partial charge is 0.244 e. The molecule has 0 spiro atoms. The third kappa shape index (κ3) is 4.71. The molecule has 2 aromatic carbocycles. The summed E-state index contributed by atoms with van der Waals surface area (Å²) in [6.07, 6.45) is -0.0317. The van der Waals surface area contributed by atoms with Gasteiger partial charge in [0.15, 0.2) is 11.6 Å². The number of rotatable bonds is 6. The Kier molecular flexibility index (Phi) is 6.11. The van der Waals surface area contributed by atoms with Crippen LogP contribution in [0.2, 0.25) is 0 Å². The summed E-state index contributed by atoms with van der Waals surface area (Å²) in [5.41, 5.74) is 1.81. The fraction of sp³-hybridized carbons (Fsp3) is 0.286. The number of methoxy groups -OCH3 is 1. The van der Waals surface area contributed by atoms with Crippen LogP contribution in [-0.4, -0.2) is 43.3 Å². The molecule has 3 amide bonds. The first-order chi connectivity index (χ1) is 13.9. The standard InChI is InChI=1S/C21H22FN3O4/c1-24(12-14-7-8-18(29-2)15(22)11-14)20(27)9-10-21(28)25-13-19(26)23-16-5-3-4-6-17(16)25/h3-8,11H,9-10,12-13H2,1-2H3,(H,23,26). The van der Waals surface area contributed by atoms with Gasteiger partial charge in [0.25, 0.3) is 0 Å². The van der Waals surface area contributed by atoms with Crippen molar-refractivity contribution in [1.29, 1.82) is 0 Å². The first kappa shape index (κ1) is 20.3. The largest absolute Gasteiger partial charge is 0.494 e. The Morgan fingerprint density at radius 1 is 1.21 bits per heavy atom. The van der Waals surface area contributed by atoms with Crippen molar-refractivity contribution < 1.29 is 23.5 Å². The van der Waals surface area contributed by atoms with Crippen LogP contribution >= 0.6 is 0 Å². The number of hydrogen-bond donors (Lipinski definition) is 1. The Morgan fingerprint density at radius 2 is 1.97 bits per heavy atom. The monoisotopic (exact) mass is 399 g/mol. The summed E-state index contributed by atoms with van der Waals surface area (Å²) >= 11 is 0. The predicted octanol–water partition coefficient (Wildman–Crippen LogP) is 2.56. The SMILES string of the molecule is COc1ccc(CN(C)C(=O)CCC(=O)N2CC(=O)Nc3ccccc32)cc1F. The average Bonchev–Trinajstić information content (AvgIpc) is 2.71. The van der Waals surface area contributed by atoms with Gasteiger partial charge in [-0.15, -0.1) is 0 Å². The molecule has 1 N–H and O–H groups in total. The molecule has 0 bridgehead atoms. The average molecular weight is 399 g/mol. The lowest BCUT2D eigenvalue weighted by molar-refractivity contribution is -0.132. The Bertz CT molecular complexity index is 947. The van der Waals surface area contributed by atoms with Gasteiger partial charge in [-0.1, -0.05) is 18.2 Å². The Balaban J connectivity index is 1.58. The maximum absolute atomic E-state index is 13.8. The Morgan fingerprint density at radius 3 is 2.69 bits per heavy atom. The molecule has 0 saturated heterocycles. The first-order valence-corrected chi connectivity index (χ1v) is 9.14. The highest BCUT2D eigenvalue weighted by atomic mass is 19.1. The van der Waals surface area contributed by atoms with Crippen LogP contribution in [0.25, 0.3) is 0 Å². The third-order valence-electron chi connectivity index (χ3n) is 4.69. The van der Waals surface area contributed by atoms with Crippen molar-refractivity contribution in [3.05, 3.63) is 53.8 Å². The van der Waals surface area contributed by atoms with E-state index in [0.29, 0.717) is 16.9 Å². The van der Waals surface area contributed by atoms with Gasteiger partial charge in [-0.05, 0) is 29.8 Å². The van der Waals surface area contributed by atoms with E-state index < -0.39 is 5.82 Å². The van der Waals surface area contributed by atoms with E-state index in [0.717, 1.165) is 0 Å². The first-order valence-electron chi connectivity index (χ1n) is 9.14. The zero-order valence-electron chi connectivity index (χ0n) is 16.3. The Hall–Kier alpha value is -3.42. The zero-order valence-corrected chi connectivity index (χ0v) is 16.3. The molecule has 0 atom stereocenters. The van der Waals surface area contributed by atoms with Crippen molar-refractivity contribution >= 4 is 29.1 Å². The van der Waals surface area contributed by atoms with E-state index in [1.165, 1.54) is 29.0 Å². The van der Waals surface area contributed by atoms with Crippen molar-refractivity contribution in [2.24, 2.45) is 0 Å². The van der Waals surface area contributed by atoms with Crippen LogP contribution in [0.3, 0.4) is 0 Å². The number of ether oxygens (including phenoxy) is 1. The number of halogens is 1. The zero-order chi connectivity index (χ0) is 21.0. The number of anilines is 2.